The van der Waals surface area contributed by atoms with Gasteiger partial charge in [-0.3, -0.25) is 9.69 Å². The Morgan fingerprint density at radius 1 is 1.38 bits per heavy atom. The van der Waals surface area contributed by atoms with E-state index < -0.39 is 5.97 Å². The second-order valence-corrected chi connectivity index (χ2v) is 3.93. The Labute approximate surface area is 95.3 Å². The molecule has 1 heterocycles. The van der Waals surface area contributed by atoms with Gasteiger partial charge in [0.15, 0.2) is 0 Å². The number of carboxylic acids is 1. The van der Waals surface area contributed by atoms with Crippen LogP contribution in [0.3, 0.4) is 0 Å². The highest BCUT2D eigenvalue weighted by Crippen LogP contribution is 2.09. The quantitative estimate of drug-likeness (QED) is 0.697. The number of rotatable bonds is 3. The number of carbonyl (C=O) groups excluding carboxylic acids is 1. The lowest BCUT2D eigenvalue weighted by molar-refractivity contribution is -0.133. The summed E-state index contributed by atoms with van der Waals surface area (Å²) < 4.78 is 0. The van der Waals surface area contributed by atoms with Gasteiger partial charge in [0.2, 0.25) is 5.91 Å². The summed E-state index contributed by atoms with van der Waals surface area (Å²) in [4.78, 5) is 25.9. The van der Waals surface area contributed by atoms with Crippen LogP contribution in [0.25, 0.3) is 0 Å². The third-order valence-electron chi connectivity index (χ3n) is 2.85. The lowest BCUT2D eigenvalue weighted by Gasteiger charge is -2.38. The van der Waals surface area contributed by atoms with Crippen molar-refractivity contribution in [3.05, 3.63) is 12.2 Å². The average molecular weight is 226 g/mol. The molecule has 1 saturated heterocycles. The number of carboxylic acid groups (broad SMARTS) is 1. The van der Waals surface area contributed by atoms with Gasteiger partial charge in [0, 0.05) is 37.8 Å². The molecule has 1 aliphatic rings. The van der Waals surface area contributed by atoms with Gasteiger partial charge in [-0.05, 0) is 13.5 Å². The third-order valence-corrected chi connectivity index (χ3v) is 2.85. The van der Waals surface area contributed by atoms with Crippen LogP contribution in [0.5, 0.6) is 0 Å². The Kier molecular flexibility index (Phi) is 4.49. The highest BCUT2D eigenvalue weighted by atomic mass is 16.4. The van der Waals surface area contributed by atoms with Crippen molar-refractivity contribution in [2.24, 2.45) is 0 Å². The number of hydrogen-bond acceptors (Lipinski definition) is 3. The summed E-state index contributed by atoms with van der Waals surface area (Å²) in [7, 11) is 0. The molecule has 5 nitrogen and oxygen atoms in total. The van der Waals surface area contributed by atoms with Crippen LogP contribution < -0.4 is 0 Å². The molecule has 0 aromatic rings. The van der Waals surface area contributed by atoms with Gasteiger partial charge in [-0.15, -0.1) is 0 Å². The van der Waals surface area contributed by atoms with Crippen molar-refractivity contribution in [3.8, 4) is 0 Å². The van der Waals surface area contributed by atoms with E-state index in [0.29, 0.717) is 19.1 Å². The summed E-state index contributed by atoms with van der Waals surface area (Å²) >= 11 is 0. The van der Waals surface area contributed by atoms with Gasteiger partial charge in [0.1, 0.15) is 0 Å². The Morgan fingerprint density at radius 3 is 2.56 bits per heavy atom. The van der Waals surface area contributed by atoms with Gasteiger partial charge in [-0.2, -0.15) is 0 Å². The van der Waals surface area contributed by atoms with E-state index in [1.807, 2.05) is 0 Å². The maximum absolute atomic E-state index is 11.6. The topological polar surface area (TPSA) is 60.9 Å². The first-order valence-corrected chi connectivity index (χ1v) is 5.48. The molecule has 0 bridgehead atoms. The molecule has 1 fully saturated rings. The number of likely N-dealkylation sites (N-methyl/N-ethyl adjacent to an activating group) is 1. The van der Waals surface area contributed by atoms with E-state index >= 15 is 0 Å². The fraction of sp³-hybridized carbons (Fsp3) is 0.636. The molecule has 1 rings (SSSR count). The first-order chi connectivity index (χ1) is 7.54. The summed E-state index contributed by atoms with van der Waals surface area (Å²) in [6, 6.07) is 0.334. The highest BCUT2D eigenvalue weighted by molar-refractivity contribution is 5.93. The van der Waals surface area contributed by atoms with E-state index in [9.17, 15) is 9.59 Å². The van der Waals surface area contributed by atoms with Gasteiger partial charge in [-0.25, -0.2) is 4.79 Å². The minimum atomic E-state index is -1.09. The Hall–Kier alpha value is -1.36. The number of aliphatic carboxylic acids is 1. The first kappa shape index (κ1) is 12.7. The molecule has 1 atom stereocenters. The van der Waals surface area contributed by atoms with Crippen molar-refractivity contribution in [1.29, 1.82) is 0 Å². The minimum Gasteiger partial charge on any atom is -0.478 e. The molecule has 0 saturated carbocycles. The van der Waals surface area contributed by atoms with Crippen LogP contribution in [0.2, 0.25) is 0 Å². The van der Waals surface area contributed by atoms with E-state index in [-0.39, 0.29) is 5.91 Å². The predicted octanol–water partition coefficient (Wildman–Crippen LogP) is 0.180. The van der Waals surface area contributed by atoms with Gasteiger partial charge in [0.25, 0.3) is 0 Å². The lowest BCUT2D eigenvalue weighted by Crippen LogP contribution is -2.53. The van der Waals surface area contributed by atoms with Crippen LogP contribution in [0, 0.1) is 0 Å². The third kappa shape index (κ3) is 3.34. The molecule has 1 N–H and O–H groups in total. The second-order valence-electron chi connectivity index (χ2n) is 3.93. The number of amides is 1. The average Bonchev–Trinajstić information content (AvgIpc) is 2.25. The van der Waals surface area contributed by atoms with Crippen molar-refractivity contribution in [2.75, 3.05) is 26.2 Å². The molecule has 16 heavy (non-hydrogen) atoms. The van der Waals surface area contributed by atoms with Crippen LogP contribution in [-0.2, 0) is 9.59 Å². The number of hydrogen-bond donors (Lipinski definition) is 1. The van der Waals surface area contributed by atoms with E-state index in [2.05, 4.69) is 18.7 Å². The van der Waals surface area contributed by atoms with Crippen LogP contribution in [0.4, 0.5) is 0 Å². The Bertz CT molecular complexity index is 302. The van der Waals surface area contributed by atoms with Gasteiger partial charge < -0.3 is 10.0 Å². The Balaban J connectivity index is 2.51. The molecule has 0 aromatic heterocycles. The number of nitrogens with zero attached hydrogens (tertiary/aromatic N) is 2. The fourth-order valence-electron chi connectivity index (χ4n) is 1.91. The van der Waals surface area contributed by atoms with Crippen LogP contribution in [-0.4, -0.2) is 59.0 Å². The van der Waals surface area contributed by atoms with E-state index in [1.54, 1.807) is 4.90 Å². The van der Waals surface area contributed by atoms with Crippen molar-refractivity contribution < 1.29 is 14.7 Å². The van der Waals surface area contributed by atoms with Crippen molar-refractivity contribution >= 4 is 11.9 Å². The summed E-state index contributed by atoms with van der Waals surface area (Å²) in [6.45, 7) is 7.33. The number of piperazine rings is 1. The minimum absolute atomic E-state index is 0.218. The zero-order chi connectivity index (χ0) is 12.1. The molecular weight excluding hydrogens is 208 g/mol. The SMILES string of the molecule is CCN1CCN(C(=O)C=CC(=O)O)CC1C. The van der Waals surface area contributed by atoms with E-state index in [0.717, 1.165) is 25.2 Å². The summed E-state index contributed by atoms with van der Waals surface area (Å²) in [6.07, 6.45) is 2.01. The van der Waals surface area contributed by atoms with Gasteiger partial charge in [0.05, 0.1) is 0 Å². The van der Waals surface area contributed by atoms with E-state index in [4.69, 9.17) is 5.11 Å². The fourth-order valence-corrected chi connectivity index (χ4v) is 1.91. The summed E-state index contributed by atoms with van der Waals surface area (Å²) in [5.41, 5.74) is 0. The molecule has 90 valence electrons. The first-order valence-electron chi connectivity index (χ1n) is 5.48. The zero-order valence-electron chi connectivity index (χ0n) is 9.72. The molecule has 1 unspecified atom stereocenters. The smallest absolute Gasteiger partial charge is 0.328 e. The standard InChI is InChI=1S/C11H18N2O3/c1-3-12-6-7-13(8-9(12)2)10(14)4-5-11(15)16/h4-5,9H,3,6-8H2,1-2H3,(H,15,16). The van der Waals surface area contributed by atoms with Crippen LogP contribution in [0.1, 0.15) is 13.8 Å². The normalized spacial score (nSPS) is 22.6. The molecule has 5 heteroatoms. The molecule has 0 aromatic carbocycles. The summed E-state index contributed by atoms with van der Waals surface area (Å²) in [5, 5.41) is 8.43. The molecule has 1 aliphatic heterocycles. The zero-order valence-corrected chi connectivity index (χ0v) is 9.72. The maximum atomic E-state index is 11.6. The van der Waals surface area contributed by atoms with Gasteiger partial charge in [-0.1, -0.05) is 6.92 Å². The molecule has 0 radical (unpaired) electrons. The van der Waals surface area contributed by atoms with Crippen molar-refractivity contribution in [1.82, 2.24) is 9.80 Å². The molecule has 1 amide bonds. The van der Waals surface area contributed by atoms with Crippen LogP contribution >= 0.6 is 0 Å². The monoisotopic (exact) mass is 226 g/mol. The molecular formula is C11H18N2O3. The lowest BCUT2D eigenvalue weighted by atomic mass is 10.2. The van der Waals surface area contributed by atoms with Crippen LogP contribution in [0.15, 0.2) is 12.2 Å². The van der Waals surface area contributed by atoms with Crippen molar-refractivity contribution in [3.63, 3.8) is 0 Å². The largest absolute Gasteiger partial charge is 0.478 e. The van der Waals surface area contributed by atoms with Crippen molar-refractivity contribution in [2.45, 2.75) is 19.9 Å². The molecule has 0 spiro atoms. The Morgan fingerprint density at radius 2 is 2.06 bits per heavy atom. The second kappa shape index (κ2) is 5.65. The summed E-state index contributed by atoms with van der Waals surface area (Å²) in [5.74, 6) is -1.31. The molecule has 0 aliphatic carbocycles. The highest BCUT2D eigenvalue weighted by Gasteiger charge is 2.24. The van der Waals surface area contributed by atoms with Gasteiger partial charge >= 0.3 is 5.97 Å². The maximum Gasteiger partial charge on any atom is 0.328 e. The predicted molar refractivity (Wildman–Crippen MR) is 60.1 cm³/mol. The number of carbonyl (C=O) groups is 2. The van der Waals surface area contributed by atoms with E-state index in [1.165, 1.54) is 0 Å².